The van der Waals surface area contributed by atoms with Crippen molar-refractivity contribution in [3.05, 3.63) is 39.7 Å². The van der Waals surface area contributed by atoms with Gasteiger partial charge >= 0.3 is 0 Å². The number of ether oxygens (including phenoxy) is 1. The van der Waals surface area contributed by atoms with E-state index in [1.807, 2.05) is 4.90 Å². The topological polar surface area (TPSA) is 75.7 Å². The second-order valence-corrected chi connectivity index (χ2v) is 10.6. The van der Waals surface area contributed by atoms with Gasteiger partial charge in [-0.3, -0.25) is 9.52 Å². The minimum Gasteiger partial charge on any atom is -0.495 e. The Balaban J connectivity index is 1.55. The van der Waals surface area contributed by atoms with E-state index in [0.29, 0.717) is 36.0 Å². The number of carbonyl (C=O) groups excluding carboxylic acids is 1. The number of anilines is 1. The molecule has 0 saturated heterocycles. The molecule has 9 heteroatoms. The number of carbonyl (C=O) groups is 1. The molecular weight excluding hydrogens is 420 g/mol. The summed E-state index contributed by atoms with van der Waals surface area (Å²) < 4.78 is 33.8. The number of thiophene rings is 1. The van der Waals surface area contributed by atoms with Gasteiger partial charge in [0, 0.05) is 28.9 Å². The minimum atomic E-state index is -3.78. The van der Waals surface area contributed by atoms with Gasteiger partial charge in [-0.15, -0.1) is 11.3 Å². The van der Waals surface area contributed by atoms with Crippen LogP contribution in [0.1, 0.15) is 29.7 Å². The van der Waals surface area contributed by atoms with Crippen LogP contribution in [0.5, 0.6) is 5.75 Å². The summed E-state index contributed by atoms with van der Waals surface area (Å²) >= 11 is 7.25. The molecule has 28 heavy (non-hydrogen) atoms. The van der Waals surface area contributed by atoms with Gasteiger partial charge in [-0.05, 0) is 49.1 Å². The molecule has 1 aliphatic carbocycles. The molecule has 4 rings (SSSR count). The van der Waals surface area contributed by atoms with Gasteiger partial charge in [0.05, 0.1) is 12.8 Å². The Hall–Kier alpha value is -1.77. The van der Waals surface area contributed by atoms with Gasteiger partial charge in [0.15, 0.2) is 0 Å². The fourth-order valence-electron chi connectivity index (χ4n) is 3.49. The van der Waals surface area contributed by atoms with Crippen LogP contribution in [0.3, 0.4) is 0 Å². The van der Waals surface area contributed by atoms with E-state index in [4.69, 9.17) is 16.3 Å². The number of hydrogen-bond donors (Lipinski definition) is 1. The first-order valence-electron chi connectivity index (χ1n) is 9.14. The predicted molar refractivity (Wildman–Crippen MR) is 110 cm³/mol. The third-order valence-corrected chi connectivity index (χ3v) is 8.59. The lowest BCUT2D eigenvalue weighted by molar-refractivity contribution is -0.139. The third-order valence-electron chi connectivity index (χ3n) is 5.28. The van der Waals surface area contributed by atoms with Gasteiger partial charge in [-0.2, -0.15) is 0 Å². The summed E-state index contributed by atoms with van der Waals surface area (Å²) in [5.74, 6) is 0.751. The molecule has 1 fully saturated rings. The molecule has 2 aliphatic rings. The maximum absolute atomic E-state index is 12.9. The van der Waals surface area contributed by atoms with Gasteiger partial charge in [0.25, 0.3) is 10.0 Å². The highest BCUT2D eigenvalue weighted by molar-refractivity contribution is 7.94. The molecule has 0 radical (unpaired) electrons. The minimum absolute atomic E-state index is 0.153. The number of hydrogen-bond acceptors (Lipinski definition) is 5. The molecule has 0 atom stereocenters. The number of benzene rings is 1. The van der Waals surface area contributed by atoms with Crippen molar-refractivity contribution < 1.29 is 17.9 Å². The van der Waals surface area contributed by atoms with E-state index in [2.05, 4.69) is 4.72 Å². The molecule has 1 aromatic heterocycles. The number of nitrogens with one attached hydrogen (secondary N) is 1. The van der Waals surface area contributed by atoms with E-state index in [0.717, 1.165) is 29.7 Å². The van der Waals surface area contributed by atoms with E-state index >= 15 is 0 Å². The molecule has 1 amide bonds. The maximum atomic E-state index is 12.9. The quantitative estimate of drug-likeness (QED) is 0.765. The van der Waals surface area contributed by atoms with Crippen LogP contribution in [-0.2, 0) is 27.8 Å². The Labute approximate surface area is 173 Å². The maximum Gasteiger partial charge on any atom is 0.271 e. The number of rotatable bonds is 5. The standard InChI is InChI=1S/C19H21ClN2O4S2/c1-26-16-6-5-14(20)10-15(16)21-28(24,25)18-9-13-11-22(8-7-17(13)27-18)19(23)12-3-2-4-12/h5-6,9-10,12,21H,2-4,7-8,11H2,1H3. The van der Waals surface area contributed by atoms with Crippen molar-refractivity contribution >= 4 is 44.6 Å². The number of halogens is 1. The van der Waals surface area contributed by atoms with Crippen LogP contribution in [0, 0.1) is 5.92 Å². The van der Waals surface area contributed by atoms with E-state index in [9.17, 15) is 13.2 Å². The first-order valence-corrected chi connectivity index (χ1v) is 11.8. The van der Waals surface area contributed by atoms with Crippen molar-refractivity contribution in [3.8, 4) is 5.75 Å². The van der Waals surface area contributed by atoms with Crippen molar-refractivity contribution in [2.45, 2.75) is 36.4 Å². The van der Waals surface area contributed by atoms with Gasteiger partial charge in [0.2, 0.25) is 5.91 Å². The first kappa shape index (κ1) is 19.5. The molecule has 1 N–H and O–H groups in total. The number of amides is 1. The number of sulfonamides is 1. The van der Waals surface area contributed by atoms with Crippen molar-refractivity contribution in [2.24, 2.45) is 5.92 Å². The Morgan fingerprint density at radius 3 is 2.79 bits per heavy atom. The van der Waals surface area contributed by atoms with E-state index in [1.54, 1.807) is 18.2 Å². The van der Waals surface area contributed by atoms with Crippen LogP contribution in [-0.4, -0.2) is 32.9 Å². The van der Waals surface area contributed by atoms with Crippen LogP contribution in [0.25, 0.3) is 0 Å². The number of nitrogens with zero attached hydrogens (tertiary/aromatic N) is 1. The largest absolute Gasteiger partial charge is 0.495 e. The van der Waals surface area contributed by atoms with Gasteiger partial charge in [-0.25, -0.2) is 8.42 Å². The second kappa shape index (κ2) is 7.57. The fraction of sp³-hybridized carbons (Fsp3) is 0.421. The highest BCUT2D eigenvalue weighted by Gasteiger charge is 2.32. The Morgan fingerprint density at radius 2 is 2.11 bits per heavy atom. The summed E-state index contributed by atoms with van der Waals surface area (Å²) in [4.78, 5) is 15.4. The van der Waals surface area contributed by atoms with Gasteiger partial charge in [-0.1, -0.05) is 18.0 Å². The van der Waals surface area contributed by atoms with Crippen molar-refractivity contribution in [1.82, 2.24) is 4.90 Å². The predicted octanol–water partition coefficient (Wildman–Crippen LogP) is 3.90. The molecule has 0 bridgehead atoms. The summed E-state index contributed by atoms with van der Waals surface area (Å²) in [5.41, 5.74) is 1.21. The highest BCUT2D eigenvalue weighted by Crippen LogP contribution is 2.36. The summed E-state index contributed by atoms with van der Waals surface area (Å²) in [6.07, 6.45) is 3.75. The molecule has 6 nitrogen and oxygen atoms in total. The number of fused-ring (bicyclic) bond motifs is 1. The fourth-order valence-corrected chi connectivity index (χ4v) is 6.27. The molecule has 1 aliphatic heterocycles. The average molecular weight is 441 g/mol. The number of methoxy groups -OCH3 is 1. The van der Waals surface area contributed by atoms with Crippen molar-refractivity contribution in [1.29, 1.82) is 0 Å². The zero-order valence-corrected chi connectivity index (χ0v) is 17.8. The van der Waals surface area contributed by atoms with Crippen LogP contribution in [0.2, 0.25) is 5.02 Å². The van der Waals surface area contributed by atoms with Crippen molar-refractivity contribution in [3.63, 3.8) is 0 Å². The first-order chi connectivity index (χ1) is 13.4. The lowest BCUT2D eigenvalue weighted by atomic mass is 9.84. The monoisotopic (exact) mass is 440 g/mol. The second-order valence-electron chi connectivity index (χ2n) is 7.10. The summed E-state index contributed by atoms with van der Waals surface area (Å²) in [6.45, 7) is 1.13. The molecule has 1 saturated carbocycles. The van der Waals surface area contributed by atoms with Crippen molar-refractivity contribution in [2.75, 3.05) is 18.4 Å². The molecule has 0 spiro atoms. The third kappa shape index (κ3) is 3.73. The smallest absolute Gasteiger partial charge is 0.271 e. The summed E-state index contributed by atoms with van der Waals surface area (Å²) in [6, 6.07) is 6.45. The molecular formula is C19H21ClN2O4S2. The lowest BCUT2D eigenvalue weighted by Crippen LogP contribution is -2.41. The van der Waals surface area contributed by atoms with Crippen LogP contribution in [0.15, 0.2) is 28.5 Å². The van der Waals surface area contributed by atoms with E-state index in [1.165, 1.54) is 24.5 Å². The lowest BCUT2D eigenvalue weighted by Gasteiger charge is -2.33. The summed E-state index contributed by atoms with van der Waals surface area (Å²) in [5, 5.41) is 0.411. The summed E-state index contributed by atoms with van der Waals surface area (Å²) in [7, 11) is -2.31. The van der Waals surface area contributed by atoms with Crippen LogP contribution < -0.4 is 9.46 Å². The van der Waals surface area contributed by atoms with E-state index < -0.39 is 10.0 Å². The molecule has 1 aromatic carbocycles. The molecule has 0 unspecified atom stereocenters. The highest BCUT2D eigenvalue weighted by atomic mass is 35.5. The van der Waals surface area contributed by atoms with Gasteiger partial charge in [0.1, 0.15) is 9.96 Å². The van der Waals surface area contributed by atoms with Gasteiger partial charge < -0.3 is 9.64 Å². The zero-order valence-electron chi connectivity index (χ0n) is 15.4. The molecule has 2 aromatic rings. The SMILES string of the molecule is COc1ccc(Cl)cc1NS(=O)(=O)c1cc2c(s1)CCN(C(=O)C1CCC1)C2. The van der Waals surface area contributed by atoms with Crippen LogP contribution >= 0.6 is 22.9 Å². The normalized spacial score (nSPS) is 17.0. The Morgan fingerprint density at radius 1 is 1.32 bits per heavy atom. The Kier molecular flexibility index (Phi) is 5.28. The Bertz CT molecular complexity index is 1010. The average Bonchev–Trinajstić information content (AvgIpc) is 3.04. The molecule has 2 heterocycles. The zero-order chi connectivity index (χ0) is 19.9. The van der Waals surface area contributed by atoms with Crippen LogP contribution in [0.4, 0.5) is 5.69 Å². The molecule has 150 valence electrons. The van der Waals surface area contributed by atoms with E-state index in [-0.39, 0.29) is 16.0 Å².